The lowest BCUT2D eigenvalue weighted by Crippen LogP contribution is -2.50. The molecule has 1 aliphatic heterocycles. The molecule has 0 aromatic heterocycles. The van der Waals surface area contributed by atoms with Gasteiger partial charge in [0.15, 0.2) is 0 Å². The number of benzene rings is 1. The van der Waals surface area contributed by atoms with Crippen LogP contribution in [-0.2, 0) is 4.74 Å². The second-order valence-corrected chi connectivity index (χ2v) is 5.82. The van der Waals surface area contributed by atoms with E-state index in [2.05, 4.69) is 24.8 Å². The van der Waals surface area contributed by atoms with E-state index in [1.165, 1.54) is 5.56 Å². The average molecular weight is 269 g/mol. The minimum Gasteiger partial charge on any atom is -0.373 e. The molecular formula is C14H21ClN2O. The molecule has 1 aromatic carbocycles. The Morgan fingerprint density at radius 3 is 2.89 bits per heavy atom. The summed E-state index contributed by atoms with van der Waals surface area (Å²) in [6.45, 7) is 7.38. The number of hydrogen-bond acceptors (Lipinski definition) is 3. The SMILES string of the molecule is CC1(C)CN(C(CN)c2cccc(Cl)c2)CCO1. The van der Waals surface area contributed by atoms with Crippen molar-refractivity contribution in [1.82, 2.24) is 4.90 Å². The van der Waals surface area contributed by atoms with Gasteiger partial charge in [0.1, 0.15) is 0 Å². The van der Waals surface area contributed by atoms with Gasteiger partial charge in [-0.15, -0.1) is 0 Å². The second kappa shape index (κ2) is 5.57. The quantitative estimate of drug-likeness (QED) is 0.915. The largest absolute Gasteiger partial charge is 0.373 e. The molecule has 0 bridgehead atoms. The van der Waals surface area contributed by atoms with Crippen molar-refractivity contribution in [1.29, 1.82) is 0 Å². The van der Waals surface area contributed by atoms with Crippen molar-refractivity contribution in [3.63, 3.8) is 0 Å². The third kappa shape index (κ3) is 3.23. The van der Waals surface area contributed by atoms with E-state index in [0.29, 0.717) is 6.54 Å². The Morgan fingerprint density at radius 1 is 1.50 bits per heavy atom. The van der Waals surface area contributed by atoms with E-state index >= 15 is 0 Å². The zero-order valence-electron chi connectivity index (χ0n) is 11.0. The van der Waals surface area contributed by atoms with E-state index in [-0.39, 0.29) is 11.6 Å². The topological polar surface area (TPSA) is 38.5 Å². The molecule has 0 saturated carbocycles. The molecule has 0 radical (unpaired) electrons. The van der Waals surface area contributed by atoms with Gasteiger partial charge in [-0.25, -0.2) is 0 Å². The minimum absolute atomic E-state index is 0.107. The zero-order valence-corrected chi connectivity index (χ0v) is 11.8. The molecule has 0 spiro atoms. The lowest BCUT2D eigenvalue weighted by molar-refractivity contribution is -0.0967. The smallest absolute Gasteiger partial charge is 0.0753 e. The van der Waals surface area contributed by atoms with Gasteiger partial charge in [0, 0.05) is 30.7 Å². The van der Waals surface area contributed by atoms with Gasteiger partial charge in [-0.2, -0.15) is 0 Å². The van der Waals surface area contributed by atoms with Crippen LogP contribution in [0.4, 0.5) is 0 Å². The predicted octanol–water partition coefficient (Wildman–Crippen LogP) is 2.45. The van der Waals surface area contributed by atoms with E-state index in [9.17, 15) is 0 Å². The van der Waals surface area contributed by atoms with E-state index < -0.39 is 0 Å². The Bertz CT molecular complexity index is 409. The fraction of sp³-hybridized carbons (Fsp3) is 0.571. The molecule has 1 saturated heterocycles. The van der Waals surface area contributed by atoms with Crippen LogP contribution in [0.2, 0.25) is 5.02 Å². The first kappa shape index (κ1) is 13.8. The Hall–Kier alpha value is -0.610. The van der Waals surface area contributed by atoms with Crippen LogP contribution >= 0.6 is 11.6 Å². The molecular weight excluding hydrogens is 248 g/mol. The number of ether oxygens (including phenoxy) is 1. The van der Waals surface area contributed by atoms with E-state index in [0.717, 1.165) is 24.7 Å². The Labute approximate surface area is 114 Å². The van der Waals surface area contributed by atoms with E-state index in [4.69, 9.17) is 22.1 Å². The Morgan fingerprint density at radius 2 is 2.28 bits per heavy atom. The van der Waals surface area contributed by atoms with E-state index in [1.54, 1.807) is 0 Å². The third-order valence-corrected chi connectivity index (χ3v) is 3.59. The molecule has 2 N–H and O–H groups in total. The molecule has 1 aromatic rings. The van der Waals surface area contributed by atoms with Crippen LogP contribution in [0.5, 0.6) is 0 Å². The first-order chi connectivity index (χ1) is 8.52. The highest BCUT2D eigenvalue weighted by atomic mass is 35.5. The molecule has 100 valence electrons. The van der Waals surface area contributed by atoms with Crippen molar-refractivity contribution >= 4 is 11.6 Å². The maximum Gasteiger partial charge on any atom is 0.0753 e. The lowest BCUT2D eigenvalue weighted by Gasteiger charge is -2.42. The normalized spacial score (nSPS) is 21.8. The van der Waals surface area contributed by atoms with Gasteiger partial charge < -0.3 is 10.5 Å². The van der Waals surface area contributed by atoms with Crippen LogP contribution in [0, 0.1) is 0 Å². The van der Waals surface area contributed by atoms with Crippen LogP contribution in [-0.4, -0.2) is 36.7 Å². The van der Waals surface area contributed by atoms with Crippen LogP contribution < -0.4 is 5.73 Å². The summed E-state index contributed by atoms with van der Waals surface area (Å²) in [5, 5.41) is 0.762. The summed E-state index contributed by atoms with van der Waals surface area (Å²) < 4.78 is 5.74. The third-order valence-electron chi connectivity index (χ3n) is 3.35. The number of nitrogens with zero attached hydrogens (tertiary/aromatic N) is 1. The van der Waals surface area contributed by atoms with Crippen LogP contribution in [0.15, 0.2) is 24.3 Å². The molecule has 1 fully saturated rings. The number of hydrogen-bond donors (Lipinski definition) is 1. The van der Waals surface area contributed by atoms with Gasteiger partial charge in [0.05, 0.1) is 12.2 Å². The van der Waals surface area contributed by atoms with Crippen LogP contribution in [0.3, 0.4) is 0 Å². The second-order valence-electron chi connectivity index (χ2n) is 5.39. The van der Waals surface area contributed by atoms with E-state index in [1.807, 2.05) is 18.2 Å². The van der Waals surface area contributed by atoms with Gasteiger partial charge in [0.25, 0.3) is 0 Å². The van der Waals surface area contributed by atoms with Gasteiger partial charge >= 0.3 is 0 Å². The summed E-state index contributed by atoms with van der Waals surface area (Å²) in [4.78, 5) is 2.38. The monoisotopic (exact) mass is 268 g/mol. The van der Waals surface area contributed by atoms with Crippen molar-refractivity contribution in [2.45, 2.75) is 25.5 Å². The molecule has 1 heterocycles. The number of morpholine rings is 1. The van der Waals surface area contributed by atoms with Crippen molar-refractivity contribution in [3.8, 4) is 0 Å². The Balaban J connectivity index is 2.18. The summed E-state index contributed by atoms with van der Waals surface area (Å²) in [7, 11) is 0. The van der Waals surface area contributed by atoms with Crippen molar-refractivity contribution in [3.05, 3.63) is 34.9 Å². The molecule has 1 unspecified atom stereocenters. The standard InChI is InChI=1S/C14H21ClN2O/c1-14(2)10-17(6-7-18-14)13(9-16)11-4-3-5-12(15)8-11/h3-5,8,13H,6-7,9-10,16H2,1-2H3. The first-order valence-corrected chi connectivity index (χ1v) is 6.73. The minimum atomic E-state index is -0.107. The summed E-state index contributed by atoms with van der Waals surface area (Å²) in [6, 6.07) is 8.17. The summed E-state index contributed by atoms with van der Waals surface area (Å²) in [6.07, 6.45) is 0. The molecule has 0 amide bonds. The fourth-order valence-electron chi connectivity index (χ4n) is 2.53. The number of nitrogens with two attached hydrogens (primary N) is 1. The van der Waals surface area contributed by atoms with Gasteiger partial charge in [-0.05, 0) is 31.5 Å². The maximum absolute atomic E-state index is 6.06. The molecule has 4 heteroatoms. The first-order valence-electron chi connectivity index (χ1n) is 6.35. The van der Waals surface area contributed by atoms with Crippen molar-refractivity contribution < 1.29 is 4.74 Å². The van der Waals surface area contributed by atoms with Gasteiger partial charge in [0.2, 0.25) is 0 Å². The highest BCUT2D eigenvalue weighted by Crippen LogP contribution is 2.27. The fourth-order valence-corrected chi connectivity index (χ4v) is 2.73. The molecule has 18 heavy (non-hydrogen) atoms. The highest BCUT2D eigenvalue weighted by Gasteiger charge is 2.31. The summed E-state index contributed by atoms with van der Waals surface area (Å²) >= 11 is 6.06. The lowest BCUT2D eigenvalue weighted by atomic mass is 10.0. The molecule has 0 aliphatic carbocycles. The number of halogens is 1. The summed E-state index contributed by atoms with van der Waals surface area (Å²) in [5.41, 5.74) is 7.02. The average Bonchev–Trinajstić information content (AvgIpc) is 2.29. The molecule has 1 aliphatic rings. The summed E-state index contributed by atoms with van der Waals surface area (Å²) in [5.74, 6) is 0. The van der Waals surface area contributed by atoms with Gasteiger partial charge in [-0.3, -0.25) is 4.90 Å². The maximum atomic E-state index is 6.06. The predicted molar refractivity (Wildman–Crippen MR) is 74.9 cm³/mol. The zero-order chi connectivity index (χ0) is 13.2. The molecule has 1 atom stereocenters. The van der Waals surface area contributed by atoms with Crippen LogP contribution in [0.25, 0.3) is 0 Å². The Kier molecular flexibility index (Phi) is 4.28. The number of rotatable bonds is 3. The highest BCUT2D eigenvalue weighted by molar-refractivity contribution is 6.30. The van der Waals surface area contributed by atoms with Crippen molar-refractivity contribution in [2.75, 3.05) is 26.2 Å². The van der Waals surface area contributed by atoms with Gasteiger partial charge in [-0.1, -0.05) is 23.7 Å². The van der Waals surface area contributed by atoms with Crippen molar-refractivity contribution in [2.24, 2.45) is 5.73 Å². The molecule has 2 rings (SSSR count). The molecule has 3 nitrogen and oxygen atoms in total. The van der Waals surface area contributed by atoms with Crippen LogP contribution in [0.1, 0.15) is 25.5 Å².